The van der Waals surface area contributed by atoms with Crippen molar-refractivity contribution in [1.29, 1.82) is 0 Å². The van der Waals surface area contributed by atoms with Crippen LogP contribution in [0.5, 0.6) is 0 Å². The molecule has 0 radical (unpaired) electrons. The largest absolute Gasteiger partial charge is 1.00 e. The maximum Gasteiger partial charge on any atom is 1.00 e. The molecule has 0 atom stereocenters. The average Bonchev–Trinajstić information content (AvgIpc) is 1.59. The van der Waals surface area contributed by atoms with Gasteiger partial charge < -0.3 is 29.7 Å². The second-order valence-corrected chi connectivity index (χ2v) is 1.39. The van der Waals surface area contributed by atoms with E-state index >= 15 is 0 Å². The van der Waals surface area contributed by atoms with E-state index in [2.05, 4.69) is 0 Å². The Bertz CT molecular complexity index is 159. The van der Waals surface area contributed by atoms with Gasteiger partial charge in [0.15, 0.2) is 0 Å². The minimum Gasteiger partial charge on any atom is -0.549 e. The molecule has 0 N–H and O–H groups in total. The summed E-state index contributed by atoms with van der Waals surface area (Å²) in [4.78, 5) is 28.9. The van der Waals surface area contributed by atoms with Crippen molar-refractivity contribution < 1.29 is 86.3 Å². The van der Waals surface area contributed by atoms with E-state index in [1.165, 1.54) is 0 Å². The van der Waals surface area contributed by atoms with E-state index in [4.69, 9.17) is 0 Å². The van der Waals surface area contributed by atoms with Crippen LogP contribution >= 0.6 is 0 Å². The van der Waals surface area contributed by atoms with E-state index in [0.29, 0.717) is 0 Å². The molecule has 0 saturated carbocycles. The Labute approximate surface area is 110 Å². The Morgan fingerprint density at radius 3 is 0.846 bits per heavy atom. The smallest absolute Gasteiger partial charge is 0.549 e. The fraction of sp³-hybridized carbons (Fsp3) is 0.250. The van der Waals surface area contributed by atoms with Crippen molar-refractivity contribution in [2.24, 2.45) is 5.92 Å². The molecule has 9 heteroatoms. The maximum atomic E-state index is 9.63. The summed E-state index contributed by atoms with van der Waals surface area (Å²) in [5, 5.41) is 28.9. The van der Waals surface area contributed by atoms with Gasteiger partial charge in [-0.25, -0.2) is 0 Å². The van der Waals surface area contributed by atoms with E-state index < -0.39 is 23.8 Å². The molecule has 0 amide bonds. The first-order valence-corrected chi connectivity index (χ1v) is 2.09. The van der Waals surface area contributed by atoms with Crippen molar-refractivity contribution in [2.75, 3.05) is 0 Å². The van der Waals surface area contributed by atoms with Crippen LogP contribution in [0.4, 0.5) is 0 Å². The summed E-state index contributed by atoms with van der Waals surface area (Å²) in [5.74, 6) is -9.44. The fourth-order valence-corrected chi connectivity index (χ4v) is 0.289. The van der Waals surface area contributed by atoms with Crippen molar-refractivity contribution in [3.05, 3.63) is 0 Å². The minimum absolute atomic E-state index is 0. The van der Waals surface area contributed by atoms with Crippen LogP contribution in [0.2, 0.25) is 0 Å². The topological polar surface area (TPSA) is 120 Å². The molecule has 0 aliphatic rings. The molecule has 0 aromatic heterocycles. The zero-order chi connectivity index (χ0) is 8.31. The summed E-state index contributed by atoms with van der Waals surface area (Å²) >= 11 is 0. The zero-order valence-corrected chi connectivity index (χ0v) is 7.53. The molecule has 0 unspecified atom stereocenters. The predicted octanol–water partition coefficient (Wildman–Crippen LogP) is -14.1. The molecule has 0 aliphatic heterocycles. The molecule has 0 rings (SSSR count). The normalized spacial score (nSPS) is 7.15. The molecular formula is C4HLi3O6. The molecule has 6 nitrogen and oxygen atoms in total. The van der Waals surface area contributed by atoms with Crippen molar-refractivity contribution in [1.82, 2.24) is 0 Å². The third-order valence-electron chi connectivity index (χ3n) is 0.707. The van der Waals surface area contributed by atoms with Gasteiger partial charge in [0.25, 0.3) is 0 Å². The fourth-order valence-electron chi connectivity index (χ4n) is 0.289. The second-order valence-electron chi connectivity index (χ2n) is 1.39. The summed E-state index contributed by atoms with van der Waals surface area (Å²) in [7, 11) is 0. The second kappa shape index (κ2) is 10.3. The van der Waals surface area contributed by atoms with Gasteiger partial charge in [-0.1, -0.05) is 0 Å². The predicted molar refractivity (Wildman–Crippen MR) is 18.5 cm³/mol. The van der Waals surface area contributed by atoms with E-state index in [1.807, 2.05) is 0 Å². The molecule has 13 heavy (non-hydrogen) atoms. The van der Waals surface area contributed by atoms with Crippen molar-refractivity contribution >= 4 is 17.9 Å². The van der Waals surface area contributed by atoms with Gasteiger partial charge in [-0.15, -0.1) is 0 Å². The van der Waals surface area contributed by atoms with Crippen LogP contribution in [0, 0.1) is 5.92 Å². The number of carboxylic acids is 3. The van der Waals surface area contributed by atoms with Crippen LogP contribution < -0.4 is 71.9 Å². The number of carbonyl (C=O) groups is 3. The quantitative estimate of drug-likeness (QED) is 0.303. The standard InChI is InChI=1S/C4H4O6.3Li/c5-2(6)1(3(7)8)4(9)10;;;/h1H,(H,5,6)(H,7,8)(H,9,10);;;/q;3*+1/p-3. The van der Waals surface area contributed by atoms with Gasteiger partial charge in [-0.05, 0) is 0 Å². The Morgan fingerprint density at radius 1 is 0.692 bits per heavy atom. The summed E-state index contributed by atoms with van der Waals surface area (Å²) in [5.41, 5.74) is 0. The Balaban J connectivity index is -0.000000135. The Morgan fingerprint density at radius 2 is 0.846 bits per heavy atom. The number of hydrogen-bond acceptors (Lipinski definition) is 6. The Hall–Kier alpha value is 0.202. The van der Waals surface area contributed by atoms with E-state index in [1.54, 1.807) is 0 Å². The number of carboxylic acid groups (broad SMARTS) is 3. The van der Waals surface area contributed by atoms with Gasteiger partial charge in [0.1, 0.15) is 0 Å². The number of carbonyl (C=O) groups excluding carboxylic acids is 3. The van der Waals surface area contributed by atoms with Gasteiger partial charge >= 0.3 is 56.6 Å². The molecule has 0 aliphatic carbocycles. The average molecular weight is 166 g/mol. The zero-order valence-electron chi connectivity index (χ0n) is 7.53. The molecule has 0 aromatic rings. The first-order chi connectivity index (χ1) is 4.46. The van der Waals surface area contributed by atoms with Crippen molar-refractivity contribution in [2.45, 2.75) is 0 Å². The molecule has 0 aromatic carbocycles. The number of aliphatic carboxylic acids is 3. The van der Waals surface area contributed by atoms with Crippen LogP contribution in [0.1, 0.15) is 0 Å². The maximum absolute atomic E-state index is 9.63. The van der Waals surface area contributed by atoms with E-state index in [0.717, 1.165) is 0 Å². The van der Waals surface area contributed by atoms with Crippen molar-refractivity contribution in [3.8, 4) is 0 Å². The summed E-state index contributed by atoms with van der Waals surface area (Å²) < 4.78 is 0. The monoisotopic (exact) mass is 166 g/mol. The number of hydrogen-bond donors (Lipinski definition) is 0. The van der Waals surface area contributed by atoms with Crippen LogP contribution in [0.3, 0.4) is 0 Å². The van der Waals surface area contributed by atoms with Gasteiger partial charge in [-0.3, -0.25) is 0 Å². The van der Waals surface area contributed by atoms with Gasteiger partial charge in [0.05, 0.1) is 23.8 Å². The molecule has 0 saturated heterocycles. The van der Waals surface area contributed by atoms with Crippen LogP contribution in [-0.4, -0.2) is 17.9 Å². The molecule has 56 valence electrons. The summed E-state index contributed by atoms with van der Waals surface area (Å²) in [6.45, 7) is 0. The summed E-state index contributed by atoms with van der Waals surface area (Å²) in [6, 6.07) is 0. The Kier molecular flexibility index (Phi) is 18.4. The molecule has 0 bridgehead atoms. The molecular weight excluding hydrogens is 165 g/mol. The number of rotatable bonds is 3. The first kappa shape index (κ1) is 23.2. The third kappa shape index (κ3) is 8.53. The minimum atomic E-state index is -2.69. The van der Waals surface area contributed by atoms with Gasteiger partial charge in [0, 0.05) is 0 Å². The van der Waals surface area contributed by atoms with Crippen LogP contribution in [0.15, 0.2) is 0 Å². The summed E-state index contributed by atoms with van der Waals surface area (Å²) in [6.07, 6.45) is 0. The van der Waals surface area contributed by atoms with E-state index in [9.17, 15) is 29.7 Å². The molecule has 0 fully saturated rings. The van der Waals surface area contributed by atoms with Crippen LogP contribution in [-0.2, 0) is 14.4 Å². The first-order valence-electron chi connectivity index (χ1n) is 2.09. The van der Waals surface area contributed by atoms with Crippen molar-refractivity contribution in [3.63, 3.8) is 0 Å². The van der Waals surface area contributed by atoms with Crippen LogP contribution in [0.25, 0.3) is 0 Å². The SMILES string of the molecule is O=C([O-])C(C(=O)[O-])C(=O)[O-].[Li+].[Li+].[Li+]. The van der Waals surface area contributed by atoms with Gasteiger partial charge in [-0.2, -0.15) is 0 Å². The van der Waals surface area contributed by atoms with E-state index in [-0.39, 0.29) is 56.6 Å². The van der Waals surface area contributed by atoms with Gasteiger partial charge in [0.2, 0.25) is 0 Å². The molecule has 0 heterocycles. The third-order valence-corrected chi connectivity index (χ3v) is 0.707. The molecule has 0 spiro atoms.